The molecule has 0 atom stereocenters. The Kier molecular flexibility index (Phi) is 6.25. The van der Waals surface area contributed by atoms with Gasteiger partial charge in [0.15, 0.2) is 0 Å². The van der Waals surface area contributed by atoms with Crippen molar-refractivity contribution >= 4 is 16.2 Å². The molecule has 0 rings (SSSR count). The van der Waals surface area contributed by atoms with Crippen molar-refractivity contribution in [3.8, 4) is 0 Å². The summed E-state index contributed by atoms with van der Waals surface area (Å²) in [7, 11) is -2.26. The van der Waals surface area contributed by atoms with Crippen LogP contribution in [0.25, 0.3) is 0 Å². The number of carboxylic acid groups (broad SMARTS) is 1. The number of rotatable bonds is 8. The lowest BCUT2D eigenvalue weighted by molar-refractivity contribution is -0.146. The van der Waals surface area contributed by atoms with Gasteiger partial charge in [0.1, 0.15) is 5.54 Å². The van der Waals surface area contributed by atoms with E-state index in [2.05, 4.69) is 0 Å². The summed E-state index contributed by atoms with van der Waals surface area (Å²) in [4.78, 5) is 11.2. The SMILES string of the molecule is CCCCN(C)S(=O)(=O)N(CC)C(C)(C)C(=O)O. The predicted molar refractivity (Wildman–Crippen MR) is 70.6 cm³/mol. The van der Waals surface area contributed by atoms with E-state index in [0.717, 1.165) is 17.1 Å². The molecule has 7 heteroatoms. The zero-order valence-electron chi connectivity index (χ0n) is 11.8. The topological polar surface area (TPSA) is 77.9 Å². The summed E-state index contributed by atoms with van der Waals surface area (Å²) in [5, 5.41) is 9.14. The first-order chi connectivity index (χ1) is 8.12. The lowest BCUT2D eigenvalue weighted by Gasteiger charge is -2.35. The van der Waals surface area contributed by atoms with Crippen molar-refractivity contribution in [3.05, 3.63) is 0 Å². The van der Waals surface area contributed by atoms with Gasteiger partial charge in [-0.25, -0.2) is 0 Å². The molecule has 0 aromatic carbocycles. The van der Waals surface area contributed by atoms with Crippen molar-refractivity contribution in [2.24, 2.45) is 0 Å². The largest absolute Gasteiger partial charge is 0.480 e. The fourth-order valence-corrected chi connectivity index (χ4v) is 3.30. The molecule has 0 aromatic rings. The number of nitrogens with zero attached hydrogens (tertiary/aromatic N) is 2. The molecule has 0 aliphatic carbocycles. The van der Waals surface area contributed by atoms with E-state index in [0.29, 0.717) is 6.54 Å². The molecule has 0 saturated heterocycles. The molecule has 1 N–H and O–H groups in total. The van der Waals surface area contributed by atoms with Crippen LogP contribution in [0.3, 0.4) is 0 Å². The number of carbonyl (C=O) groups is 1. The van der Waals surface area contributed by atoms with E-state index >= 15 is 0 Å². The Morgan fingerprint density at radius 3 is 2.11 bits per heavy atom. The van der Waals surface area contributed by atoms with Gasteiger partial charge in [0, 0.05) is 20.1 Å². The zero-order chi connectivity index (χ0) is 14.6. The molecule has 0 spiro atoms. The molecule has 18 heavy (non-hydrogen) atoms. The van der Waals surface area contributed by atoms with Gasteiger partial charge >= 0.3 is 5.97 Å². The first kappa shape index (κ1) is 17.3. The second-order valence-corrected chi connectivity index (χ2v) is 6.67. The molecule has 0 bridgehead atoms. The van der Waals surface area contributed by atoms with Gasteiger partial charge < -0.3 is 5.11 Å². The highest BCUT2D eigenvalue weighted by Crippen LogP contribution is 2.21. The Hall–Kier alpha value is -0.660. The summed E-state index contributed by atoms with van der Waals surface area (Å²) in [6.07, 6.45) is 1.63. The van der Waals surface area contributed by atoms with E-state index in [1.807, 2.05) is 6.92 Å². The molecule has 0 heterocycles. The molecule has 0 saturated carbocycles. The van der Waals surface area contributed by atoms with Crippen molar-refractivity contribution in [3.63, 3.8) is 0 Å². The van der Waals surface area contributed by atoms with Gasteiger partial charge in [0.2, 0.25) is 0 Å². The molecule has 0 unspecified atom stereocenters. The maximum absolute atomic E-state index is 12.3. The molecule has 0 aromatic heterocycles. The number of aliphatic carboxylic acids is 1. The van der Waals surface area contributed by atoms with Crippen LogP contribution < -0.4 is 0 Å². The summed E-state index contributed by atoms with van der Waals surface area (Å²) in [6, 6.07) is 0. The molecule has 6 nitrogen and oxygen atoms in total. The summed E-state index contributed by atoms with van der Waals surface area (Å²) < 4.78 is 26.8. The van der Waals surface area contributed by atoms with E-state index in [9.17, 15) is 13.2 Å². The van der Waals surface area contributed by atoms with Gasteiger partial charge in [-0.15, -0.1) is 0 Å². The van der Waals surface area contributed by atoms with Crippen LogP contribution in [0.4, 0.5) is 0 Å². The van der Waals surface area contributed by atoms with Crippen LogP contribution in [0.2, 0.25) is 0 Å². The van der Waals surface area contributed by atoms with E-state index in [-0.39, 0.29) is 6.54 Å². The van der Waals surface area contributed by atoms with Gasteiger partial charge in [-0.1, -0.05) is 20.3 Å². The second-order valence-electron chi connectivity index (χ2n) is 4.71. The van der Waals surface area contributed by atoms with E-state index in [4.69, 9.17) is 5.11 Å². The zero-order valence-corrected chi connectivity index (χ0v) is 12.6. The molecule has 0 aliphatic rings. The summed E-state index contributed by atoms with van der Waals surface area (Å²) in [5.41, 5.74) is -1.45. The summed E-state index contributed by atoms with van der Waals surface area (Å²) in [6.45, 7) is 6.91. The number of hydrogen-bond donors (Lipinski definition) is 1. The van der Waals surface area contributed by atoms with Crippen LogP contribution in [0.15, 0.2) is 0 Å². The fourth-order valence-electron chi connectivity index (χ4n) is 1.62. The van der Waals surface area contributed by atoms with Crippen molar-refractivity contribution in [1.82, 2.24) is 8.61 Å². The van der Waals surface area contributed by atoms with Gasteiger partial charge in [-0.05, 0) is 20.3 Å². The van der Waals surface area contributed by atoms with Crippen LogP contribution in [0.5, 0.6) is 0 Å². The number of likely N-dealkylation sites (N-methyl/N-ethyl adjacent to an activating group) is 1. The first-order valence-electron chi connectivity index (χ1n) is 6.09. The van der Waals surface area contributed by atoms with Crippen LogP contribution in [0.1, 0.15) is 40.5 Å². The van der Waals surface area contributed by atoms with Gasteiger partial charge in [0.25, 0.3) is 10.2 Å². The highest BCUT2D eigenvalue weighted by molar-refractivity contribution is 7.86. The molecule has 108 valence electrons. The Morgan fingerprint density at radius 1 is 1.28 bits per heavy atom. The molecular weight excluding hydrogens is 256 g/mol. The Labute approximate surface area is 110 Å². The van der Waals surface area contributed by atoms with E-state index in [1.165, 1.54) is 25.2 Å². The van der Waals surface area contributed by atoms with Crippen LogP contribution in [-0.2, 0) is 15.0 Å². The lowest BCUT2D eigenvalue weighted by Crippen LogP contribution is -2.56. The maximum Gasteiger partial charge on any atom is 0.324 e. The van der Waals surface area contributed by atoms with E-state index in [1.54, 1.807) is 6.92 Å². The average molecular weight is 280 g/mol. The number of unbranched alkanes of at least 4 members (excludes halogenated alkanes) is 1. The molecule has 0 fully saturated rings. The Balaban J connectivity index is 5.22. The van der Waals surface area contributed by atoms with Gasteiger partial charge in [-0.2, -0.15) is 17.0 Å². The minimum Gasteiger partial charge on any atom is -0.480 e. The predicted octanol–water partition coefficient (Wildman–Crippen LogP) is 1.15. The fraction of sp³-hybridized carbons (Fsp3) is 0.909. The maximum atomic E-state index is 12.3. The number of hydrogen-bond acceptors (Lipinski definition) is 3. The Morgan fingerprint density at radius 2 is 1.78 bits per heavy atom. The van der Waals surface area contributed by atoms with Gasteiger partial charge in [0.05, 0.1) is 0 Å². The standard InChI is InChI=1S/C11H24N2O4S/c1-6-8-9-12(5)18(16,17)13(7-2)11(3,4)10(14)15/h6-9H2,1-5H3,(H,14,15). The van der Waals surface area contributed by atoms with Crippen molar-refractivity contribution in [2.45, 2.75) is 46.1 Å². The highest BCUT2D eigenvalue weighted by atomic mass is 32.2. The van der Waals surface area contributed by atoms with Crippen LogP contribution >= 0.6 is 0 Å². The monoisotopic (exact) mass is 280 g/mol. The molecule has 0 amide bonds. The third kappa shape index (κ3) is 3.66. The quantitative estimate of drug-likeness (QED) is 0.723. The van der Waals surface area contributed by atoms with Crippen molar-refractivity contribution in [2.75, 3.05) is 20.1 Å². The highest BCUT2D eigenvalue weighted by Gasteiger charge is 2.42. The smallest absolute Gasteiger partial charge is 0.324 e. The molecular formula is C11H24N2O4S. The third-order valence-electron chi connectivity index (χ3n) is 2.93. The van der Waals surface area contributed by atoms with Crippen LogP contribution in [0, 0.1) is 0 Å². The van der Waals surface area contributed by atoms with Crippen LogP contribution in [-0.4, -0.2) is 53.8 Å². The van der Waals surface area contributed by atoms with E-state index < -0.39 is 21.7 Å². The van der Waals surface area contributed by atoms with Crippen molar-refractivity contribution in [1.29, 1.82) is 0 Å². The number of carboxylic acids is 1. The lowest BCUT2D eigenvalue weighted by atomic mass is 10.1. The minimum absolute atomic E-state index is 0.123. The third-order valence-corrected chi connectivity index (χ3v) is 5.17. The van der Waals surface area contributed by atoms with Crippen molar-refractivity contribution < 1.29 is 18.3 Å². The summed E-state index contributed by atoms with van der Waals surface area (Å²) in [5.74, 6) is -1.16. The minimum atomic E-state index is -3.74. The average Bonchev–Trinajstić information content (AvgIpc) is 2.25. The molecule has 0 aliphatic heterocycles. The normalized spacial score (nSPS) is 13.3. The van der Waals surface area contributed by atoms with Gasteiger partial charge in [-0.3, -0.25) is 4.79 Å². The molecule has 0 radical (unpaired) electrons. The Bertz CT molecular complexity index is 379. The second kappa shape index (κ2) is 6.49. The first-order valence-corrected chi connectivity index (χ1v) is 7.49. The summed E-state index contributed by atoms with van der Waals surface area (Å²) >= 11 is 0.